The predicted octanol–water partition coefficient (Wildman–Crippen LogP) is 7.41. The summed E-state index contributed by atoms with van der Waals surface area (Å²) in [5.41, 5.74) is 2.99. The molecule has 24 heavy (non-hydrogen) atoms. The van der Waals surface area contributed by atoms with Crippen molar-refractivity contribution in [2.75, 3.05) is 0 Å². The van der Waals surface area contributed by atoms with Crippen LogP contribution < -0.4 is 0 Å². The van der Waals surface area contributed by atoms with Crippen molar-refractivity contribution in [3.8, 4) is 0 Å². The van der Waals surface area contributed by atoms with Crippen molar-refractivity contribution in [3.63, 3.8) is 0 Å². The standard InChI is InChI=1S/C23H33F/c1-2-3-18-4-6-19(7-5-18)8-9-20-10-12-21(13-11-20)22-14-16-23(24)17-15-22/h10,14-19,21H,2-9,11-13H2,1H3. The maximum atomic E-state index is 13.0. The number of allylic oxidation sites excluding steroid dienone is 2. The van der Waals surface area contributed by atoms with Gasteiger partial charge in [-0.25, -0.2) is 4.39 Å². The second-order valence-electron chi connectivity index (χ2n) is 8.10. The average molecular weight is 329 g/mol. The van der Waals surface area contributed by atoms with Gasteiger partial charge in [-0.05, 0) is 67.6 Å². The molecule has 0 aromatic heterocycles. The van der Waals surface area contributed by atoms with Gasteiger partial charge in [-0.15, -0.1) is 0 Å². The van der Waals surface area contributed by atoms with Crippen LogP contribution in [0.1, 0.15) is 89.0 Å². The molecule has 1 unspecified atom stereocenters. The summed E-state index contributed by atoms with van der Waals surface area (Å²) in [6.07, 6.45) is 17.5. The second-order valence-corrected chi connectivity index (χ2v) is 8.10. The lowest BCUT2D eigenvalue weighted by atomic mass is 9.77. The fourth-order valence-corrected chi connectivity index (χ4v) is 4.76. The third-order valence-electron chi connectivity index (χ3n) is 6.38. The SMILES string of the molecule is CCCC1CCC(CCC2=CCC(c3ccc(F)cc3)CC2)CC1. The molecule has 0 saturated heterocycles. The number of rotatable bonds is 6. The highest BCUT2D eigenvalue weighted by molar-refractivity contribution is 5.24. The van der Waals surface area contributed by atoms with Crippen LogP contribution in [-0.4, -0.2) is 0 Å². The Labute approximate surface area is 147 Å². The largest absolute Gasteiger partial charge is 0.207 e. The summed E-state index contributed by atoms with van der Waals surface area (Å²) in [5.74, 6) is 2.48. The lowest BCUT2D eigenvalue weighted by Gasteiger charge is -2.29. The predicted molar refractivity (Wildman–Crippen MR) is 101 cm³/mol. The van der Waals surface area contributed by atoms with Crippen molar-refractivity contribution in [1.29, 1.82) is 0 Å². The average Bonchev–Trinajstić information content (AvgIpc) is 2.63. The summed E-state index contributed by atoms with van der Waals surface area (Å²) < 4.78 is 13.0. The Bertz CT molecular complexity index is 519. The van der Waals surface area contributed by atoms with Crippen molar-refractivity contribution in [2.45, 2.75) is 83.5 Å². The molecule has 1 saturated carbocycles. The van der Waals surface area contributed by atoms with Crippen molar-refractivity contribution in [2.24, 2.45) is 11.8 Å². The summed E-state index contributed by atoms with van der Waals surface area (Å²) >= 11 is 0. The van der Waals surface area contributed by atoms with Gasteiger partial charge in [-0.3, -0.25) is 0 Å². The van der Waals surface area contributed by atoms with E-state index in [1.165, 1.54) is 69.8 Å². The van der Waals surface area contributed by atoms with Crippen molar-refractivity contribution in [1.82, 2.24) is 0 Å². The molecule has 0 heterocycles. The van der Waals surface area contributed by atoms with E-state index in [2.05, 4.69) is 13.0 Å². The molecule has 0 bridgehead atoms. The highest BCUT2D eigenvalue weighted by Crippen LogP contribution is 2.37. The molecule has 1 fully saturated rings. The first-order chi connectivity index (χ1) is 11.7. The van der Waals surface area contributed by atoms with E-state index in [1.807, 2.05) is 12.1 Å². The Morgan fingerprint density at radius 2 is 1.58 bits per heavy atom. The zero-order valence-electron chi connectivity index (χ0n) is 15.3. The van der Waals surface area contributed by atoms with Gasteiger partial charge in [0, 0.05) is 0 Å². The van der Waals surface area contributed by atoms with Gasteiger partial charge in [0.05, 0.1) is 0 Å². The van der Waals surface area contributed by atoms with Crippen molar-refractivity contribution in [3.05, 3.63) is 47.3 Å². The lowest BCUT2D eigenvalue weighted by molar-refractivity contribution is 0.251. The van der Waals surface area contributed by atoms with E-state index in [9.17, 15) is 4.39 Å². The zero-order valence-corrected chi connectivity index (χ0v) is 15.3. The van der Waals surface area contributed by atoms with Crippen LogP contribution in [0.2, 0.25) is 0 Å². The number of halogens is 1. The molecule has 0 radical (unpaired) electrons. The molecule has 1 heteroatoms. The van der Waals surface area contributed by atoms with Crippen molar-refractivity contribution >= 4 is 0 Å². The van der Waals surface area contributed by atoms with E-state index < -0.39 is 0 Å². The molecule has 1 atom stereocenters. The first kappa shape index (κ1) is 17.7. The van der Waals surface area contributed by atoms with E-state index >= 15 is 0 Å². The fraction of sp³-hybridized carbons (Fsp3) is 0.652. The Morgan fingerprint density at radius 1 is 0.917 bits per heavy atom. The minimum Gasteiger partial charge on any atom is -0.207 e. The topological polar surface area (TPSA) is 0 Å². The molecule has 0 spiro atoms. The molecule has 0 nitrogen and oxygen atoms in total. The molecule has 2 aliphatic rings. The van der Waals surface area contributed by atoms with Gasteiger partial charge in [0.15, 0.2) is 0 Å². The van der Waals surface area contributed by atoms with Crippen LogP contribution in [0.15, 0.2) is 35.9 Å². The maximum absolute atomic E-state index is 13.0. The highest BCUT2D eigenvalue weighted by atomic mass is 19.1. The van der Waals surface area contributed by atoms with Gasteiger partial charge < -0.3 is 0 Å². The molecule has 0 aliphatic heterocycles. The molecule has 0 N–H and O–H groups in total. The number of hydrogen-bond acceptors (Lipinski definition) is 0. The summed E-state index contributed by atoms with van der Waals surface area (Å²) in [6.45, 7) is 2.32. The lowest BCUT2D eigenvalue weighted by Crippen LogP contribution is -2.15. The minimum atomic E-state index is -0.126. The Balaban J connectivity index is 1.41. The molecule has 1 aromatic rings. The smallest absolute Gasteiger partial charge is 0.123 e. The monoisotopic (exact) mass is 328 g/mol. The van der Waals surface area contributed by atoms with Gasteiger partial charge in [0.25, 0.3) is 0 Å². The van der Waals surface area contributed by atoms with Gasteiger partial charge in [0.1, 0.15) is 5.82 Å². The summed E-state index contributed by atoms with van der Waals surface area (Å²) in [5, 5.41) is 0. The Morgan fingerprint density at radius 3 is 2.17 bits per heavy atom. The molecule has 2 aliphatic carbocycles. The maximum Gasteiger partial charge on any atom is 0.123 e. The van der Waals surface area contributed by atoms with Crippen LogP contribution in [0.4, 0.5) is 4.39 Å². The first-order valence-corrected chi connectivity index (χ1v) is 10.2. The molecular weight excluding hydrogens is 295 g/mol. The Kier molecular flexibility index (Phi) is 6.51. The van der Waals surface area contributed by atoms with Gasteiger partial charge in [-0.1, -0.05) is 69.2 Å². The third-order valence-corrected chi connectivity index (χ3v) is 6.38. The molecule has 1 aromatic carbocycles. The summed E-state index contributed by atoms with van der Waals surface area (Å²) in [7, 11) is 0. The fourth-order valence-electron chi connectivity index (χ4n) is 4.76. The first-order valence-electron chi connectivity index (χ1n) is 10.2. The molecular formula is C23H33F. The number of benzene rings is 1. The van der Waals surface area contributed by atoms with E-state index in [1.54, 1.807) is 17.7 Å². The van der Waals surface area contributed by atoms with Crippen LogP contribution in [0.3, 0.4) is 0 Å². The van der Waals surface area contributed by atoms with E-state index in [0.29, 0.717) is 5.92 Å². The normalized spacial score (nSPS) is 27.8. The second kappa shape index (κ2) is 8.83. The quantitative estimate of drug-likeness (QED) is 0.477. The van der Waals surface area contributed by atoms with Crippen LogP contribution in [0, 0.1) is 17.7 Å². The van der Waals surface area contributed by atoms with Crippen molar-refractivity contribution < 1.29 is 4.39 Å². The number of hydrogen-bond donors (Lipinski definition) is 0. The van der Waals surface area contributed by atoms with Crippen LogP contribution in [-0.2, 0) is 0 Å². The highest BCUT2D eigenvalue weighted by Gasteiger charge is 2.21. The summed E-state index contributed by atoms with van der Waals surface area (Å²) in [6, 6.07) is 7.13. The van der Waals surface area contributed by atoms with E-state index in [0.717, 1.165) is 18.3 Å². The molecule has 3 rings (SSSR count). The third kappa shape index (κ3) is 4.94. The van der Waals surface area contributed by atoms with Gasteiger partial charge in [-0.2, -0.15) is 0 Å². The van der Waals surface area contributed by atoms with E-state index in [4.69, 9.17) is 0 Å². The molecule has 0 amide bonds. The zero-order chi connectivity index (χ0) is 16.8. The van der Waals surface area contributed by atoms with Crippen LogP contribution in [0.25, 0.3) is 0 Å². The summed E-state index contributed by atoms with van der Waals surface area (Å²) in [4.78, 5) is 0. The van der Waals surface area contributed by atoms with Crippen LogP contribution in [0.5, 0.6) is 0 Å². The molecule has 132 valence electrons. The Hall–Kier alpha value is -1.11. The minimum absolute atomic E-state index is 0.126. The van der Waals surface area contributed by atoms with Gasteiger partial charge in [0.2, 0.25) is 0 Å². The van der Waals surface area contributed by atoms with Crippen LogP contribution >= 0.6 is 0 Å². The van der Waals surface area contributed by atoms with Gasteiger partial charge >= 0.3 is 0 Å². The van der Waals surface area contributed by atoms with E-state index in [-0.39, 0.29) is 5.82 Å².